The van der Waals surface area contributed by atoms with Crippen LogP contribution >= 0.6 is 0 Å². The number of nitrogens with zero attached hydrogens (tertiary/aromatic N) is 1. The highest BCUT2D eigenvalue weighted by Gasteiger charge is 2.14. The minimum absolute atomic E-state index is 0.304. The molecule has 100 valence electrons. The molecule has 0 amide bonds. The van der Waals surface area contributed by atoms with Crippen molar-refractivity contribution in [1.29, 1.82) is 0 Å². The number of carbonyl (C=O) groups is 1. The Morgan fingerprint density at radius 3 is 2.44 bits per heavy atom. The van der Waals surface area contributed by atoms with Gasteiger partial charge in [-0.05, 0) is 31.5 Å². The summed E-state index contributed by atoms with van der Waals surface area (Å²) in [5.74, 6) is -0.520. The smallest absolute Gasteiger partial charge is 0.307 e. The number of benzene rings is 1. The molecule has 0 heterocycles. The lowest BCUT2D eigenvalue weighted by atomic mass is 9.97. The molecule has 0 aliphatic rings. The number of hydrogen-bond acceptors (Lipinski definition) is 2. The molecule has 3 heteroatoms. The molecule has 2 unspecified atom stereocenters. The summed E-state index contributed by atoms with van der Waals surface area (Å²) in [6.45, 7) is 5.49. The summed E-state index contributed by atoms with van der Waals surface area (Å²) < 4.78 is 0. The third-order valence-electron chi connectivity index (χ3n) is 3.32. The van der Waals surface area contributed by atoms with E-state index in [9.17, 15) is 4.79 Å². The van der Waals surface area contributed by atoms with E-state index in [1.807, 2.05) is 13.1 Å². The lowest BCUT2D eigenvalue weighted by Gasteiger charge is -2.21. The number of carboxylic acid groups (broad SMARTS) is 1. The molecular weight excluding hydrogens is 226 g/mol. The van der Waals surface area contributed by atoms with Gasteiger partial charge in [-0.2, -0.15) is 0 Å². The Bertz CT molecular complexity index is 364. The fourth-order valence-electron chi connectivity index (χ4n) is 2.00. The monoisotopic (exact) mass is 249 g/mol. The average molecular weight is 249 g/mol. The molecule has 0 saturated carbocycles. The lowest BCUT2D eigenvalue weighted by molar-refractivity contribution is -0.141. The van der Waals surface area contributed by atoms with E-state index in [1.54, 1.807) is 6.92 Å². The minimum Gasteiger partial charge on any atom is -0.481 e. The van der Waals surface area contributed by atoms with Crippen molar-refractivity contribution in [3.05, 3.63) is 35.9 Å². The molecule has 0 radical (unpaired) electrons. The molecule has 1 rings (SSSR count). The SMILES string of the molecule is CC(CN(C)CCC(C)c1ccccc1)C(=O)O. The first-order valence-corrected chi connectivity index (χ1v) is 6.47. The van der Waals surface area contributed by atoms with Crippen molar-refractivity contribution >= 4 is 5.97 Å². The van der Waals surface area contributed by atoms with Crippen LogP contribution in [0.15, 0.2) is 30.3 Å². The number of aliphatic carboxylic acids is 1. The third-order valence-corrected chi connectivity index (χ3v) is 3.32. The van der Waals surface area contributed by atoms with Crippen LogP contribution in [0.1, 0.15) is 31.7 Å². The van der Waals surface area contributed by atoms with Crippen molar-refractivity contribution in [1.82, 2.24) is 4.90 Å². The molecule has 0 aliphatic carbocycles. The highest BCUT2D eigenvalue weighted by molar-refractivity contribution is 5.69. The average Bonchev–Trinajstić information content (AvgIpc) is 2.36. The molecule has 0 aromatic heterocycles. The highest BCUT2D eigenvalue weighted by Crippen LogP contribution is 2.18. The number of carboxylic acids is 1. The van der Waals surface area contributed by atoms with E-state index in [-0.39, 0.29) is 5.92 Å². The maximum absolute atomic E-state index is 10.8. The first-order chi connectivity index (χ1) is 8.50. The van der Waals surface area contributed by atoms with Crippen molar-refractivity contribution < 1.29 is 9.90 Å². The maximum atomic E-state index is 10.8. The van der Waals surface area contributed by atoms with E-state index in [2.05, 4.69) is 36.1 Å². The highest BCUT2D eigenvalue weighted by atomic mass is 16.4. The molecule has 0 spiro atoms. The summed E-state index contributed by atoms with van der Waals surface area (Å²) in [4.78, 5) is 12.9. The Kier molecular flexibility index (Phi) is 5.86. The summed E-state index contributed by atoms with van der Waals surface area (Å²) in [5, 5.41) is 8.86. The quantitative estimate of drug-likeness (QED) is 0.807. The van der Waals surface area contributed by atoms with Gasteiger partial charge < -0.3 is 10.0 Å². The summed E-state index contributed by atoms with van der Waals surface area (Å²) in [6, 6.07) is 10.4. The first kappa shape index (κ1) is 14.7. The zero-order valence-electron chi connectivity index (χ0n) is 11.5. The van der Waals surface area contributed by atoms with E-state index >= 15 is 0 Å². The molecule has 18 heavy (non-hydrogen) atoms. The first-order valence-electron chi connectivity index (χ1n) is 6.47. The molecule has 0 fully saturated rings. The van der Waals surface area contributed by atoms with Crippen LogP contribution in [0.2, 0.25) is 0 Å². The van der Waals surface area contributed by atoms with Gasteiger partial charge in [-0.15, -0.1) is 0 Å². The van der Waals surface area contributed by atoms with E-state index < -0.39 is 5.97 Å². The van der Waals surface area contributed by atoms with Crippen molar-refractivity contribution in [3.8, 4) is 0 Å². The zero-order valence-corrected chi connectivity index (χ0v) is 11.5. The van der Waals surface area contributed by atoms with Crippen LogP contribution < -0.4 is 0 Å². The van der Waals surface area contributed by atoms with E-state index in [4.69, 9.17) is 5.11 Å². The van der Waals surface area contributed by atoms with Crippen LogP contribution in [0.5, 0.6) is 0 Å². The third kappa shape index (κ3) is 4.88. The second kappa shape index (κ2) is 7.17. The lowest BCUT2D eigenvalue weighted by Crippen LogP contribution is -2.29. The van der Waals surface area contributed by atoms with Gasteiger partial charge in [0.25, 0.3) is 0 Å². The van der Waals surface area contributed by atoms with E-state index in [0.29, 0.717) is 12.5 Å². The van der Waals surface area contributed by atoms with Gasteiger partial charge in [-0.1, -0.05) is 44.2 Å². The van der Waals surface area contributed by atoms with Crippen LogP contribution in [0, 0.1) is 5.92 Å². The Morgan fingerprint density at radius 2 is 1.89 bits per heavy atom. The van der Waals surface area contributed by atoms with Crippen molar-refractivity contribution in [2.45, 2.75) is 26.2 Å². The fourth-order valence-corrected chi connectivity index (χ4v) is 2.00. The van der Waals surface area contributed by atoms with E-state index in [1.165, 1.54) is 5.56 Å². The van der Waals surface area contributed by atoms with Crippen LogP contribution in [0.4, 0.5) is 0 Å². The van der Waals surface area contributed by atoms with Gasteiger partial charge in [-0.3, -0.25) is 4.79 Å². The van der Waals surface area contributed by atoms with Crippen LogP contribution in [0.3, 0.4) is 0 Å². The second-order valence-electron chi connectivity index (χ2n) is 5.10. The predicted molar refractivity (Wildman–Crippen MR) is 73.8 cm³/mol. The van der Waals surface area contributed by atoms with Crippen LogP contribution in [0.25, 0.3) is 0 Å². The predicted octanol–water partition coefficient (Wildman–Crippen LogP) is 2.83. The van der Waals surface area contributed by atoms with Gasteiger partial charge in [0.2, 0.25) is 0 Å². The minimum atomic E-state index is -0.724. The normalized spacial score (nSPS) is 14.4. The van der Waals surface area contributed by atoms with Gasteiger partial charge in [0.05, 0.1) is 5.92 Å². The molecule has 3 nitrogen and oxygen atoms in total. The topological polar surface area (TPSA) is 40.5 Å². The number of rotatable bonds is 7. The standard InChI is InChI=1S/C15H23NO2/c1-12(14-7-5-4-6-8-14)9-10-16(3)11-13(2)15(17)18/h4-8,12-13H,9-11H2,1-3H3,(H,17,18). The number of hydrogen-bond donors (Lipinski definition) is 1. The van der Waals surface area contributed by atoms with Gasteiger partial charge in [0.15, 0.2) is 0 Å². The Labute approximate surface area is 109 Å². The molecule has 0 aliphatic heterocycles. The zero-order chi connectivity index (χ0) is 13.5. The summed E-state index contributed by atoms with van der Waals surface area (Å²) in [7, 11) is 1.98. The summed E-state index contributed by atoms with van der Waals surface area (Å²) in [5.41, 5.74) is 1.34. The van der Waals surface area contributed by atoms with Gasteiger partial charge in [0, 0.05) is 6.54 Å². The van der Waals surface area contributed by atoms with E-state index in [0.717, 1.165) is 13.0 Å². The van der Waals surface area contributed by atoms with Crippen molar-refractivity contribution in [2.75, 3.05) is 20.1 Å². The molecule has 2 atom stereocenters. The molecule has 1 aromatic carbocycles. The largest absolute Gasteiger partial charge is 0.481 e. The van der Waals surface area contributed by atoms with Crippen molar-refractivity contribution in [2.24, 2.45) is 5.92 Å². The van der Waals surface area contributed by atoms with Gasteiger partial charge >= 0.3 is 5.97 Å². The van der Waals surface area contributed by atoms with Crippen LogP contribution in [-0.2, 0) is 4.79 Å². The fraction of sp³-hybridized carbons (Fsp3) is 0.533. The Balaban J connectivity index is 2.34. The summed E-state index contributed by atoms with van der Waals surface area (Å²) >= 11 is 0. The van der Waals surface area contributed by atoms with Crippen LogP contribution in [-0.4, -0.2) is 36.1 Å². The molecule has 1 N–H and O–H groups in total. The Hall–Kier alpha value is -1.35. The maximum Gasteiger partial charge on any atom is 0.307 e. The molecular formula is C15H23NO2. The van der Waals surface area contributed by atoms with Crippen molar-refractivity contribution in [3.63, 3.8) is 0 Å². The Morgan fingerprint density at radius 1 is 1.28 bits per heavy atom. The summed E-state index contributed by atoms with van der Waals surface area (Å²) in [6.07, 6.45) is 1.05. The second-order valence-corrected chi connectivity index (χ2v) is 5.10. The molecule has 1 aromatic rings. The van der Waals surface area contributed by atoms with Gasteiger partial charge in [0.1, 0.15) is 0 Å². The molecule has 0 bridgehead atoms. The molecule has 0 saturated heterocycles. The van der Waals surface area contributed by atoms with Gasteiger partial charge in [-0.25, -0.2) is 0 Å².